The van der Waals surface area contributed by atoms with E-state index in [0.29, 0.717) is 36.5 Å². The Morgan fingerprint density at radius 1 is 1.39 bits per heavy atom. The van der Waals surface area contributed by atoms with Gasteiger partial charge in [-0.3, -0.25) is 0 Å². The number of hydrogen-bond donors (Lipinski definition) is 0. The van der Waals surface area contributed by atoms with Crippen molar-refractivity contribution in [3.63, 3.8) is 0 Å². The molecule has 6 heteroatoms. The zero-order valence-electron chi connectivity index (χ0n) is 9.63. The van der Waals surface area contributed by atoms with Crippen LogP contribution in [0, 0.1) is 5.82 Å². The lowest BCUT2D eigenvalue weighted by molar-refractivity contribution is -0.183. The Labute approximate surface area is 118 Å². The minimum Gasteiger partial charge on any atom is -0.492 e. The van der Waals surface area contributed by atoms with Gasteiger partial charge in [0.1, 0.15) is 11.6 Å². The van der Waals surface area contributed by atoms with E-state index in [4.69, 9.17) is 25.8 Å². The normalized spacial score (nSPS) is 16.8. The van der Waals surface area contributed by atoms with Crippen LogP contribution in [0.25, 0.3) is 0 Å². The van der Waals surface area contributed by atoms with Crippen molar-refractivity contribution in [1.82, 2.24) is 0 Å². The van der Waals surface area contributed by atoms with E-state index in [9.17, 15) is 4.39 Å². The van der Waals surface area contributed by atoms with E-state index in [2.05, 4.69) is 15.9 Å². The number of halogens is 3. The van der Waals surface area contributed by atoms with Crippen molar-refractivity contribution in [2.75, 3.05) is 19.8 Å². The van der Waals surface area contributed by atoms with Gasteiger partial charge in [0, 0.05) is 12.5 Å². The molecule has 0 aromatic heterocycles. The summed E-state index contributed by atoms with van der Waals surface area (Å²) >= 11 is 8.91. The molecule has 100 valence electrons. The van der Waals surface area contributed by atoms with Gasteiger partial charge >= 0.3 is 0 Å². The zero-order valence-corrected chi connectivity index (χ0v) is 12.0. The molecule has 0 atom stereocenters. The van der Waals surface area contributed by atoms with Crippen LogP contribution in [0.2, 0.25) is 5.02 Å². The van der Waals surface area contributed by atoms with Crippen molar-refractivity contribution in [2.24, 2.45) is 0 Å². The molecule has 0 aliphatic carbocycles. The summed E-state index contributed by atoms with van der Waals surface area (Å²) in [7, 11) is 0. The second-order valence-electron chi connectivity index (χ2n) is 3.86. The number of rotatable bonds is 4. The van der Waals surface area contributed by atoms with Crippen LogP contribution in [0.1, 0.15) is 12.8 Å². The van der Waals surface area contributed by atoms with Crippen molar-refractivity contribution in [1.29, 1.82) is 0 Å². The predicted octanol–water partition coefficient (Wildman–Crippen LogP) is 3.77. The number of ether oxygens (including phenoxy) is 3. The third kappa shape index (κ3) is 3.82. The summed E-state index contributed by atoms with van der Waals surface area (Å²) < 4.78 is 30.1. The average Bonchev–Trinajstić information content (AvgIpc) is 2.37. The molecular formula is C12H13BrClFO3. The van der Waals surface area contributed by atoms with E-state index < -0.39 is 5.82 Å². The van der Waals surface area contributed by atoms with E-state index in [1.165, 1.54) is 12.1 Å². The Bertz CT molecular complexity index is 411. The van der Waals surface area contributed by atoms with Crippen molar-refractivity contribution < 1.29 is 18.6 Å². The van der Waals surface area contributed by atoms with Gasteiger partial charge < -0.3 is 14.2 Å². The molecule has 1 fully saturated rings. The van der Waals surface area contributed by atoms with E-state index >= 15 is 0 Å². The van der Waals surface area contributed by atoms with Crippen molar-refractivity contribution in [3.05, 3.63) is 27.4 Å². The lowest BCUT2D eigenvalue weighted by Crippen LogP contribution is -2.26. The molecular weight excluding hydrogens is 326 g/mol. The lowest BCUT2D eigenvalue weighted by Gasteiger charge is -2.23. The van der Waals surface area contributed by atoms with Gasteiger partial charge in [0.05, 0.1) is 29.3 Å². The molecule has 2 rings (SSSR count). The summed E-state index contributed by atoms with van der Waals surface area (Å²) in [6, 6.07) is 2.73. The molecule has 1 aromatic carbocycles. The summed E-state index contributed by atoms with van der Waals surface area (Å²) in [6.07, 6.45) is 1.30. The molecule has 0 N–H and O–H groups in total. The van der Waals surface area contributed by atoms with Crippen molar-refractivity contribution in [2.45, 2.75) is 19.1 Å². The quantitative estimate of drug-likeness (QED) is 0.782. The highest BCUT2D eigenvalue weighted by Gasteiger charge is 2.14. The fourth-order valence-electron chi connectivity index (χ4n) is 1.58. The van der Waals surface area contributed by atoms with Crippen LogP contribution < -0.4 is 4.74 Å². The van der Waals surface area contributed by atoms with Crippen molar-refractivity contribution in [3.8, 4) is 5.75 Å². The van der Waals surface area contributed by atoms with Crippen LogP contribution in [0.15, 0.2) is 16.6 Å². The Balaban J connectivity index is 1.84. The minimum absolute atomic E-state index is 0.0631. The van der Waals surface area contributed by atoms with Crippen LogP contribution in [-0.4, -0.2) is 26.1 Å². The van der Waals surface area contributed by atoms with Crippen LogP contribution in [-0.2, 0) is 9.47 Å². The zero-order chi connectivity index (χ0) is 13.0. The highest BCUT2D eigenvalue weighted by atomic mass is 79.9. The third-order valence-electron chi connectivity index (χ3n) is 2.48. The second-order valence-corrected chi connectivity index (χ2v) is 5.12. The molecule has 1 heterocycles. The van der Waals surface area contributed by atoms with Gasteiger partial charge in [-0.25, -0.2) is 4.39 Å². The fourth-order valence-corrected chi connectivity index (χ4v) is 2.34. The molecule has 0 radical (unpaired) electrons. The van der Waals surface area contributed by atoms with E-state index in [-0.39, 0.29) is 11.3 Å². The molecule has 3 nitrogen and oxygen atoms in total. The molecule has 0 spiro atoms. The highest BCUT2D eigenvalue weighted by Crippen LogP contribution is 2.30. The molecule has 1 saturated heterocycles. The standard InChI is InChI=1S/C12H13BrClFO3/c13-8-6-9(14)10(15)7-11(8)16-5-2-12-17-3-1-4-18-12/h6-7,12H,1-5H2. The average molecular weight is 340 g/mol. The Hall–Kier alpha value is -0.360. The largest absolute Gasteiger partial charge is 0.492 e. The first kappa shape index (κ1) is 14.1. The molecule has 0 bridgehead atoms. The minimum atomic E-state index is -0.500. The molecule has 0 saturated carbocycles. The Morgan fingerprint density at radius 2 is 2.11 bits per heavy atom. The van der Waals surface area contributed by atoms with E-state index in [1.807, 2.05) is 0 Å². The second kappa shape index (κ2) is 6.70. The van der Waals surface area contributed by atoms with Gasteiger partial charge in [0.2, 0.25) is 0 Å². The first-order valence-corrected chi connectivity index (χ1v) is 6.84. The Kier molecular flexibility index (Phi) is 5.24. The summed E-state index contributed by atoms with van der Waals surface area (Å²) in [5, 5.41) is 0.0631. The van der Waals surface area contributed by atoms with Gasteiger partial charge in [0.25, 0.3) is 0 Å². The number of benzene rings is 1. The topological polar surface area (TPSA) is 27.7 Å². The molecule has 0 unspecified atom stereocenters. The smallest absolute Gasteiger partial charge is 0.160 e. The predicted molar refractivity (Wildman–Crippen MR) is 69.5 cm³/mol. The molecule has 1 aliphatic heterocycles. The van der Waals surface area contributed by atoms with Crippen LogP contribution in [0.3, 0.4) is 0 Å². The van der Waals surface area contributed by atoms with Crippen LogP contribution >= 0.6 is 27.5 Å². The monoisotopic (exact) mass is 338 g/mol. The molecule has 18 heavy (non-hydrogen) atoms. The van der Waals surface area contributed by atoms with E-state index in [1.54, 1.807) is 0 Å². The van der Waals surface area contributed by atoms with Gasteiger partial charge in [-0.15, -0.1) is 0 Å². The maximum absolute atomic E-state index is 13.3. The molecule has 1 aliphatic rings. The third-order valence-corrected chi connectivity index (χ3v) is 3.39. The molecule has 0 amide bonds. The first-order chi connectivity index (χ1) is 8.66. The van der Waals surface area contributed by atoms with Gasteiger partial charge in [-0.1, -0.05) is 11.6 Å². The summed E-state index contributed by atoms with van der Waals surface area (Å²) in [5.41, 5.74) is 0. The lowest BCUT2D eigenvalue weighted by atomic mass is 10.3. The van der Waals surface area contributed by atoms with Gasteiger partial charge in [-0.2, -0.15) is 0 Å². The SMILES string of the molecule is Fc1cc(OCCC2OCCCO2)c(Br)cc1Cl. The maximum atomic E-state index is 13.3. The maximum Gasteiger partial charge on any atom is 0.160 e. The van der Waals surface area contributed by atoms with E-state index in [0.717, 1.165) is 6.42 Å². The summed E-state index contributed by atoms with van der Waals surface area (Å²) in [5.74, 6) is -0.0762. The first-order valence-electron chi connectivity index (χ1n) is 5.67. The fraction of sp³-hybridized carbons (Fsp3) is 0.500. The van der Waals surface area contributed by atoms with Crippen LogP contribution in [0.5, 0.6) is 5.75 Å². The molecule has 1 aromatic rings. The highest BCUT2D eigenvalue weighted by molar-refractivity contribution is 9.10. The summed E-state index contributed by atoms with van der Waals surface area (Å²) in [6.45, 7) is 1.82. The van der Waals surface area contributed by atoms with Gasteiger partial charge in [0.15, 0.2) is 6.29 Å². The Morgan fingerprint density at radius 3 is 2.83 bits per heavy atom. The summed E-state index contributed by atoms with van der Waals surface area (Å²) in [4.78, 5) is 0. The number of hydrogen-bond acceptors (Lipinski definition) is 3. The van der Waals surface area contributed by atoms with Crippen LogP contribution in [0.4, 0.5) is 4.39 Å². The van der Waals surface area contributed by atoms with Crippen molar-refractivity contribution >= 4 is 27.5 Å². The van der Waals surface area contributed by atoms with Gasteiger partial charge in [-0.05, 0) is 28.4 Å².